The van der Waals surface area contributed by atoms with Crippen molar-refractivity contribution in [1.82, 2.24) is 15.2 Å². The summed E-state index contributed by atoms with van der Waals surface area (Å²) in [5.41, 5.74) is 2.61. The third-order valence-corrected chi connectivity index (χ3v) is 4.89. The summed E-state index contributed by atoms with van der Waals surface area (Å²) in [5, 5.41) is 4.81. The van der Waals surface area contributed by atoms with E-state index < -0.39 is 0 Å². The maximum atomic E-state index is 4.53. The molecule has 0 bridgehead atoms. The molecule has 1 aliphatic heterocycles. The molecule has 1 saturated carbocycles. The van der Waals surface area contributed by atoms with Gasteiger partial charge in [0.05, 0.1) is 5.52 Å². The number of hydrogen-bond donors (Lipinski definition) is 1. The van der Waals surface area contributed by atoms with Crippen molar-refractivity contribution in [2.45, 2.75) is 25.3 Å². The predicted molar refractivity (Wildman–Crippen MR) is 86.3 cm³/mol. The van der Waals surface area contributed by atoms with Crippen molar-refractivity contribution in [2.75, 3.05) is 26.2 Å². The van der Waals surface area contributed by atoms with E-state index in [4.69, 9.17) is 0 Å². The minimum atomic E-state index is 0.562. The summed E-state index contributed by atoms with van der Waals surface area (Å²) in [5.74, 6) is 0.941. The SMILES string of the molecule is c1ccc2c([C@H](CC3CC3)N3CCNCC3)ccnc2c1. The minimum absolute atomic E-state index is 0.562. The van der Waals surface area contributed by atoms with E-state index in [1.54, 1.807) is 0 Å². The summed E-state index contributed by atoms with van der Waals surface area (Å²) in [6, 6.07) is 11.4. The maximum Gasteiger partial charge on any atom is 0.0705 e. The van der Waals surface area contributed by atoms with Crippen LogP contribution in [0.25, 0.3) is 10.9 Å². The molecule has 1 aromatic carbocycles. The van der Waals surface area contributed by atoms with E-state index in [9.17, 15) is 0 Å². The average Bonchev–Trinajstić information content (AvgIpc) is 3.37. The fraction of sp³-hybridized carbons (Fsp3) is 0.500. The maximum absolute atomic E-state index is 4.53. The average molecular weight is 281 g/mol. The van der Waals surface area contributed by atoms with Crippen LogP contribution in [-0.2, 0) is 0 Å². The van der Waals surface area contributed by atoms with Gasteiger partial charge >= 0.3 is 0 Å². The van der Waals surface area contributed by atoms with Gasteiger partial charge in [0.15, 0.2) is 0 Å². The lowest BCUT2D eigenvalue weighted by Gasteiger charge is -2.36. The minimum Gasteiger partial charge on any atom is -0.314 e. The second kappa shape index (κ2) is 5.74. The second-order valence-corrected chi connectivity index (χ2v) is 6.40. The number of hydrogen-bond acceptors (Lipinski definition) is 3. The van der Waals surface area contributed by atoms with Crippen LogP contribution in [0.1, 0.15) is 30.9 Å². The van der Waals surface area contributed by atoms with Crippen LogP contribution in [0, 0.1) is 5.92 Å². The van der Waals surface area contributed by atoms with Crippen LogP contribution in [0.5, 0.6) is 0 Å². The molecule has 2 aromatic rings. The Balaban J connectivity index is 1.72. The van der Waals surface area contributed by atoms with E-state index in [1.165, 1.54) is 30.2 Å². The van der Waals surface area contributed by atoms with Gasteiger partial charge in [0.1, 0.15) is 0 Å². The molecule has 3 nitrogen and oxygen atoms in total. The van der Waals surface area contributed by atoms with Crippen molar-refractivity contribution < 1.29 is 0 Å². The van der Waals surface area contributed by atoms with Crippen molar-refractivity contribution >= 4 is 10.9 Å². The molecule has 1 saturated heterocycles. The largest absolute Gasteiger partial charge is 0.314 e. The van der Waals surface area contributed by atoms with E-state index in [-0.39, 0.29) is 0 Å². The van der Waals surface area contributed by atoms with Crippen molar-refractivity contribution in [3.63, 3.8) is 0 Å². The summed E-state index contributed by atoms with van der Waals surface area (Å²) in [6.07, 6.45) is 6.14. The zero-order valence-corrected chi connectivity index (χ0v) is 12.5. The quantitative estimate of drug-likeness (QED) is 0.934. The van der Waals surface area contributed by atoms with Gasteiger partial charge < -0.3 is 5.32 Å². The highest BCUT2D eigenvalue weighted by molar-refractivity contribution is 5.82. The number of aromatic nitrogens is 1. The fourth-order valence-corrected chi connectivity index (χ4v) is 3.54. The first kappa shape index (κ1) is 13.2. The number of nitrogens with zero attached hydrogens (tertiary/aromatic N) is 2. The Labute approximate surface area is 126 Å². The lowest BCUT2D eigenvalue weighted by molar-refractivity contribution is 0.161. The van der Waals surface area contributed by atoms with Crippen LogP contribution in [-0.4, -0.2) is 36.1 Å². The van der Waals surface area contributed by atoms with Gasteiger partial charge in [-0.25, -0.2) is 0 Å². The normalized spacial score (nSPS) is 21.5. The zero-order chi connectivity index (χ0) is 14.1. The Hall–Kier alpha value is -1.45. The Morgan fingerprint density at radius 3 is 2.76 bits per heavy atom. The molecule has 110 valence electrons. The van der Waals surface area contributed by atoms with Gasteiger partial charge in [-0.3, -0.25) is 9.88 Å². The van der Waals surface area contributed by atoms with Gasteiger partial charge in [-0.05, 0) is 30.0 Å². The third-order valence-electron chi connectivity index (χ3n) is 4.89. The van der Waals surface area contributed by atoms with Gasteiger partial charge in [0.2, 0.25) is 0 Å². The fourth-order valence-electron chi connectivity index (χ4n) is 3.54. The number of nitrogens with one attached hydrogen (secondary N) is 1. The Morgan fingerprint density at radius 2 is 1.95 bits per heavy atom. The molecule has 1 atom stereocenters. The number of benzene rings is 1. The van der Waals surface area contributed by atoms with Gasteiger partial charge in [-0.2, -0.15) is 0 Å². The van der Waals surface area contributed by atoms with Crippen molar-refractivity contribution in [3.8, 4) is 0 Å². The van der Waals surface area contributed by atoms with Gasteiger partial charge in [0.25, 0.3) is 0 Å². The van der Waals surface area contributed by atoms with Crippen LogP contribution in [0.15, 0.2) is 36.5 Å². The monoisotopic (exact) mass is 281 g/mol. The molecule has 0 amide bonds. The Morgan fingerprint density at radius 1 is 1.14 bits per heavy atom. The highest BCUT2D eigenvalue weighted by Crippen LogP contribution is 2.41. The van der Waals surface area contributed by atoms with Crippen molar-refractivity contribution in [1.29, 1.82) is 0 Å². The molecule has 0 radical (unpaired) electrons. The molecule has 2 aliphatic rings. The summed E-state index contributed by atoms with van der Waals surface area (Å²) in [4.78, 5) is 7.21. The highest BCUT2D eigenvalue weighted by atomic mass is 15.2. The van der Waals surface area contributed by atoms with Crippen LogP contribution in [0.2, 0.25) is 0 Å². The predicted octanol–water partition coefficient (Wildman–Crippen LogP) is 2.98. The zero-order valence-electron chi connectivity index (χ0n) is 12.5. The summed E-state index contributed by atoms with van der Waals surface area (Å²) >= 11 is 0. The van der Waals surface area contributed by atoms with Gasteiger partial charge in [0, 0.05) is 43.8 Å². The van der Waals surface area contributed by atoms with Crippen molar-refractivity contribution in [2.24, 2.45) is 5.92 Å². The molecule has 4 rings (SSSR count). The van der Waals surface area contributed by atoms with E-state index in [0.717, 1.165) is 37.6 Å². The molecule has 1 aromatic heterocycles. The lowest BCUT2D eigenvalue weighted by atomic mass is 9.95. The molecular formula is C18H23N3. The number of rotatable bonds is 4. The summed E-state index contributed by atoms with van der Waals surface area (Å²) in [7, 11) is 0. The standard InChI is InChI=1S/C18H23N3/c1-2-4-17-15(3-1)16(7-8-20-17)18(13-14-5-6-14)21-11-9-19-10-12-21/h1-4,7-8,14,18-19H,5-6,9-13H2/t18-/m0/s1. The second-order valence-electron chi connectivity index (χ2n) is 6.40. The number of fused-ring (bicyclic) bond motifs is 1. The molecule has 2 fully saturated rings. The smallest absolute Gasteiger partial charge is 0.0705 e. The first-order chi connectivity index (χ1) is 10.4. The van der Waals surface area contributed by atoms with Crippen molar-refractivity contribution in [3.05, 3.63) is 42.1 Å². The van der Waals surface area contributed by atoms with Crippen LogP contribution in [0.3, 0.4) is 0 Å². The number of para-hydroxylation sites is 1. The Bertz CT molecular complexity index is 609. The molecule has 0 spiro atoms. The first-order valence-corrected chi connectivity index (χ1v) is 8.20. The molecule has 2 heterocycles. The number of piperazine rings is 1. The van der Waals surface area contributed by atoms with E-state index >= 15 is 0 Å². The Kier molecular flexibility index (Phi) is 3.62. The van der Waals surface area contributed by atoms with E-state index in [0.29, 0.717) is 6.04 Å². The topological polar surface area (TPSA) is 28.2 Å². The lowest BCUT2D eigenvalue weighted by Crippen LogP contribution is -2.45. The molecule has 1 N–H and O–H groups in total. The number of pyridine rings is 1. The first-order valence-electron chi connectivity index (χ1n) is 8.20. The molecule has 0 unspecified atom stereocenters. The van der Waals surface area contributed by atoms with E-state index in [2.05, 4.69) is 45.5 Å². The van der Waals surface area contributed by atoms with Gasteiger partial charge in [-0.1, -0.05) is 31.0 Å². The van der Waals surface area contributed by atoms with Crippen LogP contribution in [0.4, 0.5) is 0 Å². The molecule has 1 aliphatic carbocycles. The summed E-state index contributed by atoms with van der Waals surface area (Å²) < 4.78 is 0. The molecule has 21 heavy (non-hydrogen) atoms. The molecular weight excluding hydrogens is 258 g/mol. The van der Waals surface area contributed by atoms with Crippen LogP contribution < -0.4 is 5.32 Å². The van der Waals surface area contributed by atoms with E-state index in [1.807, 2.05) is 6.20 Å². The summed E-state index contributed by atoms with van der Waals surface area (Å²) in [6.45, 7) is 4.55. The molecule has 3 heteroatoms. The highest BCUT2D eigenvalue weighted by Gasteiger charge is 2.31. The van der Waals surface area contributed by atoms with Crippen LogP contribution >= 0.6 is 0 Å². The third kappa shape index (κ3) is 2.81. The van der Waals surface area contributed by atoms with Gasteiger partial charge in [-0.15, -0.1) is 0 Å².